The van der Waals surface area contributed by atoms with Gasteiger partial charge in [-0.3, -0.25) is 14.5 Å². The topological polar surface area (TPSA) is 69.6 Å². The highest BCUT2D eigenvalue weighted by molar-refractivity contribution is 5.82. The number of carboxylic acids is 1. The van der Waals surface area contributed by atoms with Gasteiger partial charge in [0, 0.05) is 13.1 Å². The van der Waals surface area contributed by atoms with Crippen molar-refractivity contribution in [3.63, 3.8) is 0 Å². The number of nitrogens with zero attached hydrogens (tertiary/aromatic N) is 1. The lowest BCUT2D eigenvalue weighted by Gasteiger charge is -2.40. The van der Waals surface area contributed by atoms with Gasteiger partial charge in [0.25, 0.3) is 0 Å². The standard InChI is InChI=1S/C11H20N2O3/c1-8(2)6-11(3,10(15)16)13-5-4-12-9(14)7-13/h8H,4-7H2,1-3H3,(H,12,14)(H,15,16). The molecule has 0 bridgehead atoms. The Morgan fingerprint density at radius 2 is 2.25 bits per heavy atom. The first kappa shape index (κ1) is 13.0. The molecule has 1 amide bonds. The van der Waals surface area contributed by atoms with E-state index in [0.29, 0.717) is 19.5 Å². The summed E-state index contributed by atoms with van der Waals surface area (Å²) in [5, 5.41) is 12.0. The summed E-state index contributed by atoms with van der Waals surface area (Å²) in [5.41, 5.74) is -0.939. The fourth-order valence-electron chi connectivity index (χ4n) is 2.21. The fourth-order valence-corrected chi connectivity index (χ4v) is 2.21. The van der Waals surface area contributed by atoms with Crippen molar-refractivity contribution in [1.29, 1.82) is 0 Å². The van der Waals surface area contributed by atoms with Gasteiger partial charge in [0.05, 0.1) is 6.54 Å². The summed E-state index contributed by atoms with van der Waals surface area (Å²) in [7, 11) is 0. The van der Waals surface area contributed by atoms with E-state index in [1.807, 2.05) is 13.8 Å². The molecule has 1 aliphatic heterocycles. The Morgan fingerprint density at radius 3 is 2.69 bits per heavy atom. The highest BCUT2D eigenvalue weighted by Crippen LogP contribution is 2.24. The van der Waals surface area contributed by atoms with Crippen LogP contribution in [0.2, 0.25) is 0 Å². The van der Waals surface area contributed by atoms with Crippen LogP contribution in [0.1, 0.15) is 27.2 Å². The molecule has 5 nitrogen and oxygen atoms in total. The van der Waals surface area contributed by atoms with Crippen LogP contribution < -0.4 is 5.32 Å². The van der Waals surface area contributed by atoms with Crippen LogP contribution >= 0.6 is 0 Å². The molecular weight excluding hydrogens is 208 g/mol. The maximum Gasteiger partial charge on any atom is 0.323 e. The van der Waals surface area contributed by atoms with Gasteiger partial charge in [0.2, 0.25) is 5.91 Å². The van der Waals surface area contributed by atoms with E-state index in [0.717, 1.165) is 0 Å². The van der Waals surface area contributed by atoms with Gasteiger partial charge in [-0.1, -0.05) is 13.8 Å². The van der Waals surface area contributed by atoms with Crippen molar-refractivity contribution in [3.05, 3.63) is 0 Å². The Kier molecular flexibility index (Phi) is 3.91. The Balaban J connectivity index is 2.83. The summed E-state index contributed by atoms with van der Waals surface area (Å²) >= 11 is 0. The summed E-state index contributed by atoms with van der Waals surface area (Å²) in [6.07, 6.45) is 0.551. The lowest BCUT2D eigenvalue weighted by atomic mass is 9.88. The van der Waals surface area contributed by atoms with Crippen molar-refractivity contribution in [3.8, 4) is 0 Å². The van der Waals surface area contributed by atoms with Gasteiger partial charge < -0.3 is 10.4 Å². The van der Waals surface area contributed by atoms with Gasteiger partial charge in [-0.05, 0) is 19.3 Å². The minimum Gasteiger partial charge on any atom is -0.480 e. The maximum absolute atomic E-state index is 11.4. The summed E-state index contributed by atoms with van der Waals surface area (Å²) in [6.45, 7) is 6.99. The van der Waals surface area contributed by atoms with Gasteiger partial charge in [0.15, 0.2) is 0 Å². The second-order valence-corrected chi connectivity index (χ2v) is 4.95. The third-order valence-electron chi connectivity index (χ3n) is 3.00. The SMILES string of the molecule is CC(C)CC(C)(C(=O)O)N1CCNC(=O)C1. The third-order valence-corrected chi connectivity index (χ3v) is 3.00. The first-order valence-corrected chi connectivity index (χ1v) is 5.61. The lowest BCUT2D eigenvalue weighted by Crippen LogP contribution is -2.60. The molecule has 5 heteroatoms. The minimum atomic E-state index is -0.939. The number of aliphatic carboxylic acids is 1. The number of hydrogen-bond donors (Lipinski definition) is 2. The molecule has 0 aromatic carbocycles. The predicted molar refractivity (Wildman–Crippen MR) is 60.1 cm³/mol. The van der Waals surface area contributed by atoms with Gasteiger partial charge in [0.1, 0.15) is 5.54 Å². The number of carbonyl (C=O) groups excluding carboxylic acids is 1. The number of carboxylic acid groups (broad SMARTS) is 1. The molecule has 1 fully saturated rings. The van der Waals surface area contributed by atoms with Crippen LogP contribution in [0.15, 0.2) is 0 Å². The third kappa shape index (κ3) is 2.72. The van der Waals surface area contributed by atoms with E-state index in [4.69, 9.17) is 0 Å². The van der Waals surface area contributed by atoms with Crippen molar-refractivity contribution in [2.75, 3.05) is 19.6 Å². The maximum atomic E-state index is 11.4. The normalized spacial score (nSPS) is 21.6. The zero-order valence-corrected chi connectivity index (χ0v) is 10.1. The van der Waals surface area contributed by atoms with Crippen molar-refractivity contribution < 1.29 is 14.7 Å². The molecule has 0 aromatic heterocycles. The van der Waals surface area contributed by atoms with Crippen molar-refractivity contribution in [2.24, 2.45) is 5.92 Å². The Labute approximate surface area is 95.8 Å². The Bertz CT molecular complexity index is 291. The number of nitrogens with one attached hydrogen (secondary N) is 1. The van der Waals surface area contributed by atoms with E-state index < -0.39 is 11.5 Å². The van der Waals surface area contributed by atoms with Crippen molar-refractivity contribution in [2.45, 2.75) is 32.7 Å². The van der Waals surface area contributed by atoms with Crippen LogP contribution in [0.4, 0.5) is 0 Å². The molecule has 92 valence electrons. The fraction of sp³-hybridized carbons (Fsp3) is 0.818. The number of hydrogen-bond acceptors (Lipinski definition) is 3. The second kappa shape index (κ2) is 4.82. The molecule has 1 aliphatic rings. The van der Waals surface area contributed by atoms with E-state index in [-0.39, 0.29) is 18.4 Å². The molecule has 1 saturated heterocycles. The molecule has 0 aliphatic carbocycles. The quantitative estimate of drug-likeness (QED) is 0.726. The largest absolute Gasteiger partial charge is 0.480 e. The second-order valence-electron chi connectivity index (χ2n) is 4.95. The monoisotopic (exact) mass is 228 g/mol. The van der Waals surface area contributed by atoms with Gasteiger partial charge in [-0.2, -0.15) is 0 Å². The van der Waals surface area contributed by atoms with E-state index >= 15 is 0 Å². The van der Waals surface area contributed by atoms with E-state index in [2.05, 4.69) is 5.32 Å². The van der Waals surface area contributed by atoms with Crippen LogP contribution in [0, 0.1) is 5.92 Å². The summed E-state index contributed by atoms with van der Waals surface area (Å²) < 4.78 is 0. The molecule has 0 spiro atoms. The number of amides is 1. The summed E-state index contributed by atoms with van der Waals surface area (Å²) in [5.74, 6) is -0.663. The van der Waals surface area contributed by atoms with E-state index in [1.54, 1.807) is 11.8 Å². The molecule has 1 rings (SSSR count). The van der Waals surface area contributed by atoms with Crippen LogP contribution in [-0.2, 0) is 9.59 Å². The molecule has 0 aromatic rings. The highest BCUT2D eigenvalue weighted by atomic mass is 16.4. The van der Waals surface area contributed by atoms with Crippen molar-refractivity contribution in [1.82, 2.24) is 10.2 Å². The number of carbonyl (C=O) groups is 2. The minimum absolute atomic E-state index is 0.0949. The average molecular weight is 228 g/mol. The molecule has 0 radical (unpaired) electrons. The highest BCUT2D eigenvalue weighted by Gasteiger charge is 2.41. The Morgan fingerprint density at radius 1 is 1.62 bits per heavy atom. The molecule has 16 heavy (non-hydrogen) atoms. The smallest absolute Gasteiger partial charge is 0.323 e. The number of piperazine rings is 1. The van der Waals surface area contributed by atoms with E-state index in [9.17, 15) is 14.7 Å². The number of rotatable bonds is 4. The molecular formula is C11H20N2O3. The van der Waals surface area contributed by atoms with Crippen LogP contribution in [0.5, 0.6) is 0 Å². The first-order chi connectivity index (χ1) is 7.36. The summed E-state index contributed by atoms with van der Waals surface area (Å²) in [4.78, 5) is 24.4. The molecule has 0 saturated carbocycles. The molecule has 1 unspecified atom stereocenters. The zero-order valence-electron chi connectivity index (χ0n) is 10.1. The zero-order chi connectivity index (χ0) is 12.3. The summed E-state index contributed by atoms with van der Waals surface area (Å²) in [6, 6.07) is 0. The van der Waals surface area contributed by atoms with E-state index in [1.165, 1.54) is 0 Å². The molecule has 1 heterocycles. The first-order valence-electron chi connectivity index (χ1n) is 5.61. The molecule has 2 N–H and O–H groups in total. The molecule has 1 atom stereocenters. The average Bonchev–Trinajstić information content (AvgIpc) is 2.16. The van der Waals surface area contributed by atoms with Gasteiger partial charge in [-0.15, -0.1) is 0 Å². The van der Waals surface area contributed by atoms with Crippen LogP contribution in [0.3, 0.4) is 0 Å². The van der Waals surface area contributed by atoms with Gasteiger partial charge >= 0.3 is 5.97 Å². The predicted octanol–water partition coefficient (Wildman–Crippen LogP) is 0.308. The van der Waals surface area contributed by atoms with Crippen molar-refractivity contribution >= 4 is 11.9 Å². The van der Waals surface area contributed by atoms with Crippen LogP contribution in [-0.4, -0.2) is 47.1 Å². The Hall–Kier alpha value is -1.10. The van der Waals surface area contributed by atoms with Crippen LogP contribution in [0.25, 0.3) is 0 Å². The van der Waals surface area contributed by atoms with Gasteiger partial charge in [-0.25, -0.2) is 0 Å². The lowest BCUT2D eigenvalue weighted by molar-refractivity contribution is -0.153.